The van der Waals surface area contributed by atoms with Crippen molar-refractivity contribution in [2.24, 2.45) is 0 Å². The minimum absolute atomic E-state index is 0.0692. The Hall–Kier alpha value is -1.88. The van der Waals surface area contributed by atoms with Crippen LogP contribution in [0, 0.1) is 0 Å². The van der Waals surface area contributed by atoms with E-state index in [1.165, 1.54) is 24.7 Å². The first-order valence-corrected chi connectivity index (χ1v) is 7.25. The van der Waals surface area contributed by atoms with Gasteiger partial charge in [-0.3, -0.25) is 14.5 Å². The second-order valence-corrected chi connectivity index (χ2v) is 5.45. The Balaban J connectivity index is 1.80. The minimum Gasteiger partial charge on any atom is -0.469 e. The molecule has 1 aliphatic rings. The molecule has 0 aromatic heterocycles. The lowest BCUT2D eigenvalue weighted by Crippen LogP contribution is -2.31. The summed E-state index contributed by atoms with van der Waals surface area (Å²) in [6, 6.07) is 6.12. The molecule has 0 radical (unpaired) electrons. The third-order valence-electron chi connectivity index (χ3n) is 3.72. The number of hydrogen-bond acceptors (Lipinski definition) is 4. The van der Waals surface area contributed by atoms with Gasteiger partial charge in [0.2, 0.25) is 5.91 Å². The molecule has 1 amide bonds. The van der Waals surface area contributed by atoms with Crippen molar-refractivity contribution in [2.45, 2.75) is 25.7 Å². The number of ether oxygens (including phenoxy) is 1. The van der Waals surface area contributed by atoms with Gasteiger partial charge in [0.05, 0.1) is 20.1 Å². The van der Waals surface area contributed by atoms with Gasteiger partial charge in [0.25, 0.3) is 0 Å². The topological polar surface area (TPSA) is 58.6 Å². The predicted octanol–water partition coefficient (Wildman–Crippen LogP) is 1.61. The molecule has 1 aromatic carbocycles. The smallest absolute Gasteiger partial charge is 0.306 e. The van der Waals surface area contributed by atoms with Crippen molar-refractivity contribution in [3.63, 3.8) is 0 Å². The van der Waals surface area contributed by atoms with Crippen molar-refractivity contribution in [1.29, 1.82) is 0 Å². The number of esters is 1. The maximum Gasteiger partial charge on any atom is 0.306 e. The summed E-state index contributed by atoms with van der Waals surface area (Å²) >= 11 is 0. The van der Waals surface area contributed by atoms with Crippen LogP contribution in [0.2, 0.25) is 0 Å². The number of methoxy groups -OCH3 is 1. The highest BCUT2D eigenvalue weighted by atomic mass is 16.5. The number of anilines is 1. The fraction of sp³-hybridized carbons (Fsp3) is 0.500. The minimum atomic E-state index is -0.263. The highest BCUT2D eigenvalue weighted by Gasteiger charge is 2.13. The summed E-state index contributed by atoms with van der Waals surface area (Å²) in [6.45, 7) is 0.762. The second-order valence-electron chi connectivity index (χ2n) is 5.45. The van der Waals surface area contributed by atoms with Crippen LogP contribution in [0.1, 0.15) is 24.0 Å². The Morgan fingerprint density at radius 1 is 1.29 bits per heavy atom. The number of carbonyl (C=O) groups excluding carboxylic acids is 2. The highest BCUT2D eigenvalue weighted by molar-refractivity contribution is 5.92. The number of carbonyl (C=O) groups is 2. The maximum atomic E-state index is 12.0. The van der Waals surface area contributed by atoms with Gasteiger partial charge in [0, 0.05) is 12.2 Å². The quantitative estimate of drug-likeness (QED) is 0.809. The van der Waals surface area contributed by atoms with Gasteiger partial charge >= 0.3 is 5.97 Å². The largest absolute Gasteiger partial charge is 0.469 e. The van der Waals surface area contributed by atoms with Gasteiger partial charge in [0.15, 0.2) is 0 Å². The van der Waals surface area contributed by atoms with E-state index in [4.69, 9.17) is 0 Å². The molecule has 21 heavy (non-hydrogen) atoms. The summed E-state index contributed by atoms with van der Waals surface area (Å²) in [6.07, 6.45) is 3.72. The highest BCUT2D eigenvalue weighted by Crippen LogP contribution is 2.24. The number of hydrogen-bond donors (Lipinski definition) is 1. The van der Waals surface area contributed by atoms with Gasteiger partial charge in [0.1, 0.15) is 0 Å². The van der Waals surface area contributed by atoms with Crippen molar-refractivity contribution in [1.82, 2.24) is 4.90 Å². The molecular weight excluding hydrogens is 268 g/mol. The zero-order chi connectivity index (χ0) is 15.2. The molecule has 1 aliphatic carbocycles. The molecule has 0 fully saturated rings. The number of nitrogens with one attached hydrogen (secondary N) is 1. The lowest BCUT2D eigenvalue weighted by atomic mass is 10.1. The fourth-order valence-corrected chi connectivity index (χ4v) is 2.56. The van der Waals surface area contributed by atoms with Crippen LogP contribution < -0.4 is 5.32 Å². The first-order valence-electron chi connectivity index (χ1n) is 7.25. The van der Waals surface area contributed by atoms with Crippen LogP contribution in [0.3, 0.4) is 0 Å². The van der Waals surface area contributed by atoms with Crippen molar-refractivity contribution >= 4 is 17.6 Å². The molecule has 5 nitrogen and oxygen atoms in total. The molecular formula is C16H22N2O3. The zero-order valence-corrected chi connectivity index (χ0v) is 12.6. The van der Waals surface area contributed by atoms with E-state index in [1.807, 2.05) is 13.1 Å². The van der Waals surface area contributed by atoms with Gasteiger partial charge in [-0.2, -0.15) is 0 Å². The van der Waals surface area contributed by atoms with Crippen LogP contribution in [0.25, 0.3) is 0 Å². The third-order valence-corrected chi connectivity index (χ3v) is 3.72. The Labute approximate surface area is 125 Å². The van der Waals surface area contributed by atoms with Crippen molar-refractivity contribution in [2.75, 3.05) is 32.6 Å². The molecule has 0 saturated heterocycles. The number of likely N-dealkylation sites (N-methyl/N-ethyl adjacent to an activating group) is 1. The average Bonchev–Trinajstić information content (AvgIpc) is 2.92. The van der Waals surface area contributed by atoms with Crippen molar-refractivity contribution < 1.29 is 14.3 Å². The molecule has 0 unspecified atom stereocenters. The molecule has 114 valence electrons. The Morgan fingerprint density at radius 3 is 2.81 bits per heavy atom. The first-order chi connectivity index (χ1) is 10.1. The maximum absolute atomic E-state index is 12.0. The summed E-state index contributed by atoms with van der Waals surface area (Å²) < 4.78 is 4.58. The summed E-state index contributed by atoms with van der Waals surface area (Å²) in [5.74, 6) is -0.332. The molecule has 0 atom stereocenters. The average molecular weight is 290 g/mol. The number of rotatable bonds is 6. The van der Waals surface area contributed by atoms with Crippen LogP contribution in [0.5, 0.6) is 0 Å². The van der Waals surface area contributed by atoms with E-state index < -0.39 is 0 Å². The SMILES string of the molecule is COC(=O)CCN(C)CC(=O)Nc1ccc2c(c1)CCC2. The lowest BCUT2D eigenvalue weighted by molar-refractivity contribution is -0.141. The van der Waals surface area contributed by atoms with Gasteiger partial charge in [-0.15, -0.1) is 0 Å². The number of amides is 1. The zero-order valence-electron chi connectivity index (χ0n) is 12.6. The molecule has 2 rings (SSSR count). The molecule has 1 aromatic rings. The van der Waals surface area contributed by atoms with Crippen LogP contribution in [-0.2, 0) is 27.2 Å². The normalized spacial score (nSPS) is 13.1. The Kier molecular flexibility index (Phi) is 5.33. The summed E-state index contributed by atoms with van der Waals surface area (Å²) in [4.78, 5) is 24.8. The molecule has 0 heterocycles. The Morgan fingerprint density at radius 2 is 2.05 bits per heavy atom. The van der Waals surface area contributed by atoms with Crippen LogP contribution >= 0.6 is 0 Å². The Bertz CT molecular complexity index is 528. The van der Waals surface area contributed by atoms with Crippen molar-refractivity contribution in [3.8, 4) is 0 Å². The first kappa shape index (κ1) is 15.5. The van der Waals surface area contributed by atoms with E-state index in [2.05, 4.69) is 22.2 Å². The third kappa shape index (κ3) is 4.56. The summed E-state index contributed by atoms with van der Waals surface area (Å²) in [7, 11) is 3.17. The number of benzene rings is 1. The molecule has 5 heteroatoms. The van der Waals surface area contributed by atoms with E-state index in [1.54, 1.807) is 4.90 Å². The van der Waals surface area contributed by atoms with Gasteiger partial charge in [-0.05, 0) is 49.6 Å². The molecule has 0 aliphatic heterocycles. The van der Waals surface area contributed by atoms with Gasteiger partial charge in [-0.1, -0.05) is 6.07 Å². The summed E-state index contributed by atoms with van der Waals surface area (Å²) in [5, 5.41) is 2.91. The molecule has 0 bridgehead atoms. The summed E-state index contributed by atoms with van der Waals surface area (Å²) in [5.41, 5.74) is 3.58. The van der Waals surface area contributed by atoms with E-state index in [-0.39, 0.29) is 18.4 Å². The standard InChI is InChI=1S/C16H22N2O3/c1-18(9-8-16(20)21-2)11-15(19)17-14-7-6-12-4-3-5-13(12)10-14/h6-7,10H,3-5,8-9,11H2,1-2H3,(H,17,19). The monoisotopic (exact) mass is 290 g/mol. The van der Waals surface area contributed by atoms with E-state index in [0.717, 1.165) is 18.5 Å². The predicted molar refractivity (Wildman–Crippen MR) is 81.2 cm³/mol. The van der Waals surface area contributed by atoms with E-state index in [0.29, 0.717) is 13.0 Å². The van der Waals surface area contributed by atoms with Crippen LogP contribution in [0.15, 0.2) is 18.2 Å². The van der Waals surface area contributed by atoms with Crippen LogP contribution in [-0.4, -0.2) is 44.0 Å². The number of nitrogens with zero attached hydrogens (tertiary/aromatic N) is 1. The van der Waals surface area contributed by atoms with Crippen LogP contribution in [0.4, 0.5) is 5.69 Å². The number of fused-ring (bicyclic) bond motifs is 1. The van der Waals surface area contributed by atoms with E-state index in [9.17, 15) is 9.59 Å². The van der Waals surface area contributed by atoms with Gasteiger partial charge in [-0.25, -0.2) is 0 Å². The molecule has 0 saturated carbocycles. The number of aryl methyl sites for hydroxylation is 2. The molecule has 0 spiro atoms. The lowest BCUT2D eigenvalue weighted by Gasteiger charge is -2.15. The van der Waals surface area contributed by atoms with Gasteiger partial charge < -0.3 is 10.1 Å². The fourth-order valence-electron chi connectivity index (χ4n) is 2.56. The second kappa shape index (κ2) is 7.22. The molecule has 1 N–H and O–H groups in total. The van der Waals surface area contributed by atoms with Crippen molar-refractivity contribution in [3.05, 3.63) is 29.3 Å². The van der Waals surface area contributed by atoms with E-state index >= 15 is 0 Å².